The van der Waals surface area contributed by atoms with E-state index >= 15 is 0 Å². The van der Waals surface area contributed by atoms with Gasteiger partial charge in [0.1, 0.15) is 12.1 Å². The molecule has 20 heavy (non-hydrogen) atoms. The monoisotopic (exact) mass is 271 g/mol. The van der Waals surface area contributed by atoms with Crippen molar-refractivity contribution in [2.75, 3.05) is 6.54 Å². The SMILES string of the molecule is CC(C)(C#N)NC(=O)CN1C(=O)c2ccccc2C1=O. The first-order valence-corrected chi connectivity index (χ1v) is 6.03. The van der Waals surface area contributed by atoms with Crippen LogP contribution in [0.5, 0.6) is 0 Å². The molecule has 2 rings (SSSR count). The van der Waals surface area contributed by atoms with Gasteiger partial charge in [-0.15, -0.1) is 0 Å². The van der Waals surface area contributed by atoms with Crippen LogP contribution in [0.15, 0.2) is 24.3 Å². The summed E-state index contributed by atoms with van der Waals surface area (Å²) >= 11 is 0. The highest BCUT2D eigenvalue weighted by atomic mass is 16.2. The van der Waals surface area contributed by atoms with Gasteiger partial charge in [0.05, 0.1) is 17.2 Å². The largest absolute Gasteiger partial charge is 0.337 e. The Bertz CT molecular complexity index is 608. The van der Waals surface area contributed by atoms with Crippen LogP contribution in [0.25, 0.3) is 0 Å². The number of hydrogen-bond donors (Lipinski definition) is 1. The molecule has 1 N–H and O–H groups in total. The van der Waals surface area contributed by atoms with Crippen molar-refractivity contribution >= 4 is 17.7 Å². The third-order valence-corrected chi connectivity index (χ3v) is 2.91. The van der Waals surface area contributed by atoms with E-state index in [1.165, 1.54) is 13.8 Å². The van der Waals surface area contributed by atoms with E-state index in [0.717, 1.165) is 4.90 Å². The number of nitrogens with zero attached hydrogens (tertiary/aromatic N) is 2. The quantitative estimate of drug-likeness (QED) is 0.819. The van der Waals surface area contributed by atoms with E-state index in [4.69, 9.17) is 5.26 Å². The predicted octanol–water partition coefficient (Wildman–Crippen LogP) is 0.701. The van der Waals surface area contributed by atoms with Crippen LogP contribution in [0.3, 0.4) is 0 Å². The van der Waals surface area contributed by atoms with Gasteiger partial charge in [0.25, 0.3) is 11.8 Å². The number of nitriles is 1. The first kappa shape index (κ1) is 13.7. The molecule has 1 aromatic carbocycles. The first-order valence-electron chi connectivity index (χ1n) is 6.03. The second kappa shape index (κ2) is 4.78. The van der Waals surface area contributed by atoms with Crippen molar-refractivity contribution in [3.8, 4) is 6.07 Å². The van der Waals surface area contributed by atoms with Crippen LogP contribution in [0, 0.1) is 11.3 Å². The third kappa shape index (κ3) is 2.38. The number of nitrogens with one attached hydrogen (secondary N) is 1. The summed E-state index contributed by atoms with van der Waals surface area (Å²) in [4.78, 5) is 36.8. The Morgan fingerprint density at radius 3 is 2.20 bits per heavy atom. The Kier molecular flexibility index (Phi) is 3.28. The molecule has 0 spiro atoms. The van der Waals surface area contributed by atoms with Gasteiger partial charge in [-0.3, -0.25) is 19.3 Å². The van der Waals surface area contributed by atoms with Crippen molar-refractivity contribution in [3.05, 3.63) is 35.4 Å². The maximum atomic E-state index is 12.0. The lowest BCUT2D eigenvalue weighted by Gasteiger charge is -2.20. The summed E-state index contributed by atoms with van der Waals surface area (Å²) in [6, 6.07) is 8.33. The number of rotatable bonds is 3. The third-order valence-electron chi connectivity index (χ3n) is 2.91. The Morgan fingerprint density at radius 2 is 1.75 bits per heavy atom. The fourth-order valence-corrected chi connectivity index (χ4v) is 1.94. The van der Waals surface area contributed by atoms with E-state index in [9.17, 15) is 14.4 Å². The molecule has 102 valence electrons. The molecule has 1 aromatic rings. The summed E-state index contributed by atoms with van der Waals surface area (Å²) in [7, 11) is 0. The number of imide groups is 1. The van der Waals surface area contributed by atoms with Crippen molar-refractivity contribution in [3.63, 3.8) is 0 Å². The normalized spacial score (nSPS) is 13.9. The molecule has 1 aliphatic heterocycles. The van der Waals surface area contributed by atoms with Crippen LogP contribution in [0.1, 0.15) is 34.6 Å². The highest BCUT2D eigenvalue weighted by Crippen LogP contribution is 2.21. The summed E-state index contributed by atoms with van der Waals surface area (Å²) < 4.78 is 0. The van der Waals surface area contributed by atoms with Crippen molar-refractivity contribution < 1.29 is 14.4 Å². The number of carbonyl (C=O) groups is 3. The molecule has 0 radical (unpaired) electrons. The minimum atomic E-state index is -1.05. The molecule has 1 heterocycles. The van der Waals surface area contributed by atoms with E-state index in [0.29, 0.717) is 11.1 Å². The molecule has 3 amide bonds. The molecule has 6 nitrogen and oxygen atoms in total. The highest BCUT2D eigenvalue weighted by Gasteiger charge is 2.36. The van der Waals surface area contributed by atoms with E-state index < -0.39 is 29.8 Å². The molecule has 1 aliphatic rings. The number of carbonyl (C=O) groups excluding carboxylic acids is 3. The summed E-state index contributed by atoms with van der Waals surface area (Å²) in [5, 5.41) is 11.3. The lowest BCUT2D eigenvalue weighted by atomic mass is 10.1. The summed E-state index contributed by atoms with van der Waals surface area (Å²) in [6.45, 7) is 2.68. The van der Waals surface area contributed by atoms with E-state index in [-0.39, 0.29) is 0 Å². The second-order valence-electron chi connectivity index (χ2n) is 5.03. The Labute approximate surface area is 116 Å². The fraction of sp³-hybridized carbons (Fsp3) is 0.286. The van der Waals surface area contributed by atoms with E-state index in [2.05, 4.69) is 5.32 Å². The van der Waals surface area contributed by atoms with E-state index in [1.54, 1.807) is 24.3 Å². The summed E-state index contributed by atoms with van der Waals surface area (Å²) in [5.41, 5.74) is -0.454. The molecule has 6 heteroatoms. The van der Waals surface area contributed by atoms with Gasteiger partial charge in [-0.25, -0.2) is 0 Å². The molecule has 0 bridgehead atoms. The van der Waals surface area contributed by atoms with Gasteiger partial charge in [-0.1, -0.05) is 12.1 Å². The standard InChI is InChI=1S/C14H13N3O3/c1-14(2,8-15)16-11(18)7-17-12(19)9-5-3-4-6-10(9)13(17)20/h3-6H,7H2,1-2H3,(H,16,18). The van der Waals surface area contributed by atoms with Crippen LogP contribution in [0.2, 0.25) is 0 Å². The van der Waals surface area contributed by atoms with Gasteiger partial charge in [0.2, 0.25) is 5.91 Å². The van der Waals surface area contributed by atoms with Gasteiger partial charge in [0, 0.05) is 0 Å². The van der Waals surface area contributed by atoms with Crippen LogP contribution in [0.4, 0.5) is 0 Å². The molecule has 0 fully saturated rings. The first-order chi connectivity index (χ1) is 9.35. The predicted molar refractivity (Wildman–Crippen MR) is 69.6 cm³/mol. The summed E-state index contributed by atoms with van der Waals surface area (Å²) in [5.74, 6) is -1.53. The molecule has 0 saturated heterocycles. The molecule has 0 saturated carbocycles. The van der Waals surface area contributed by atoms with Gasteiger partial charge in [-0.05, 0) is 26.0 Å². The van der Waals surface area contributed by atoms with Gasteiger partial charge < -0.3 is 5.32 Å². The average Bonchev–Trinajstić information content (AvgIpc) is 2.64. The zero-order chi connectivity index (χ0) is 14.9. The van der Waals surface area contributed by atoms with Crippen LogP contribution in [-0.4, -0.2) is 34.7 Å². The molecule has 0 unspecified atom stereocenters. The maximum Gasteiger partial charge on any atom is 0.262 e. The minimum Gasteiger partial charge on any atom is -0.337 e. The molecular weight excluding hydrogens is 258 g/mol. The number of benzene rings is 1. The fourth-order valence-electron chi connectivity index (χ4n) is 1.94. The highest BCUT2D eigenvalue weighted by molar-refractivity contribution is 6.22. The van der Waals surface area contributed by atoms with Crippen molar-refractivity contribution in [2.45, 2.75) is 19.4 Å². The number of amides is 3. The van der Waals surface area contributed by atoms with Crippen LogP contribution in [-0.2, 0) is 4.79 Å². The smallest absolute Gasteiger partial charge is 0.262 e. The average molecular weight is 271 g/mol. The van der Waals surface area contributed by atoms with Crippen molar-refractivity contribution in [1.29, 1.82) is 5.26 Å². The lowest BCUT2D eigenvalue weighted by molar-refractivity contribution is -0.122. The number of hydrogen-bond acceptors (Lipinski definition) is 4. The zero-order valence-electron chi connectivity index (χ0n) is 11.1. The Balaban J connectivity index is 2.14. The van der Waals surface area contributed by atoms with Crippen LogP contribution < -0.4 is 5.32 Å². The second-order valence-corrected chi connectivity index (χ2v) is 5.03. The van der Waals surface area contributed by atoms with E-state index in [1.807, 2.05) is 6.07 Å². The Morgan fingerprint density at radius 1 is 1.25 bits per heavy atom. The van der Waals surface area contributed by atoms with Gasteiger partial charge >= 0.3 is 0 Å². The van der Waals surface area contributed by atoms with Crippen molar-refractivity contribution in [2.24, 2.45) is 0 Å². The summed E-state index contributed by atoms with van der Waals surface area (Å²) in [6.07, 6.45) is 0. The number of fused-ring (bicyclic) bond motifs is 1. The molecule has 0 atom stereocenters. The van der Waals surface area contributed by atoms with Gasteiger partial charge in [0.15, 0.2) is 0 Å². The zero-order valence-corrected chi connectivity index (χ0v) is 11.1. The van der Waals surface area contributed by atoms with Crippen LogP contribution >= 0.6 is 0 Å². The topological polar surface area (TPSA) is 90.3 Å². The van der Waals surface area contributed by atoms with Gasteiger partial charge in [-0.2, -0.15) is 5.26 Å². The molecule has 0 aromatic heterocycles. The Hall–Kier alpha value is -2.68. The maximum absolute atomic E-state index is 12.0. The lowest BCUT2D eigenvalue weighted by Crippen LogP contribution is -2.48. The van der Waals surface area contributed by atoms with Crippen molar-refractivity contribution in [1.82, 2.24) is 10.2 Å². The minimum absolute atomic E-state index is 0.296. The molecular formula is C14H13N3O3. The molecule has 0 aliphatic carbocycles.